The van der Waals surface area contributed by atoms with Gasteiger partial charge in [0.2, 0.25) is 0 Å². The van der Waals surface area contributed by atoms with Crippen LogP contribution in [0.4, 0.5) is 9.59 Å². The second kappa shape index (κ2) is 16.8. The van der Waals surface area contributed by atoms with Crippen molar-refractivity contribution >= 4 is 76.2 Å². The smallest absolute Gasteiger partial charge is 0.408 e. The molecular weight excluding hydrogens is 737 g/mol. The molecule has 4 atom stereocenters. The van der Waals surface area contributed by atoms with Crippen molar-refractivity contribution in [2.75, 3.05) is 24.0 Å². The maximum Gasteiger partial charge on any atom is 0.408 e. The summed E-state index contributed by atoms with van der Waals surface area (Å²) in [7, 11) is 0. The number of alkyl carbamates (subject to hydrolysis) is 2. The standard InChI is InChI=1S/C39H44N2O11S2/c1-38(2,3)51-36(49)40-25(13-15-53-7)34(47)27-30(43)21-11-9-19(17-23(21)32(27)45)29(42)20-10-12-22-24(18-20)33(46)28(31(22)44)35(48)26(14-16-54-8)41-37(50)52-39(4,5)6/h9-12,17-18,25-28H,13-16H2,1-8H3,(H,40,49)(H,41,50)/t25-,26-,27?,28?/m0/s1. The van der Waals surface area contributed by atoms with Gasteiger partial charge in [0.05, 0.1) is 12.1 Å². The van der Waals surface area contributed by atoms with Crippen molar-refractivity contribution in [1.82, 2.24) is 10.6 Å². The molecule has 2 aliphatic carbocycles. The van der Waals surface area contributed by atoms with Crippen molar-refractivity contribution in [2.24, 2.45) is 11.8 Å². The van der Waals surface area contributed by atoms with Crippen LogP contribution in [-0.4, -0.2) is 100.0 Å². The monoisotopic (exact) mass is 780 g/mol. The van der Waals surface area contributed by atoms with Gasteiger partial charge in [-0.15, -0.1) is 0 Å². The fourth-order valence-corrected chi connectivity index (χ4v) is 7.04. The third kappa shape index (κ3) is 9.53. The minimum Gasteiger partial charge on any atom is -0.444 e. The lowest BCUT2D eigenvalue weighted by Crippen LogP contribution is -2.47. The first-order valence-electron chi connectivity index (χ1n) is 17.2. The van der Waals surface area contributed by atoms with E-state index < -0.39 is 87.8 Å². The quantitative estimate of drug-likeness (QED) is 0.184. The first-order chi connectivity index (χ1) is 25.2. The van der Waals surface area contributed by atoms with Crippen LogP contribution in [0.3, 0.4) is 0 Å². The van der Waals surface area contributed by atoms with E-state index in [0.717, 1.165) is 0 Å². The number of Topliss-reactive ketones (excluding diaryl/α,β-unsaturated/α-hetero) is 6. The second-order valence-corrected chi connectivity index (χ2v) is 16.9. The molecule has 2 amide bonds. The Morgan fingerprint density at radius 3 is 1.24 bits per heavy atom. The molecular formula is C39H44N2O11S2. The van der Waals surface area contributed by atoms with Crippen molar-refractivity contribution in [3.05, 3.63) is 69.8 Å². The summed E-state index contributed by atoms with van der Waals surface area (Å²) in [6.45, 7) is 9.92. The molecule has 0 saturated carbocycles. The van der Waals surface area contributed by atoms with Gasteiger partial charge in [0.1, 0.15) is 23.0 Å². The SMILES string of the molecule is CSCC[C@H](NC(=O)OC(C)(C)C)C(=O)C1C(=O)c2ccc(C(=O)c3ccc4c(c3)C(=O)C(C(=O)[C@H](CCSC)NC(=O)OC(C)(C)C)C4=O)cc2C1=O. The van der Waals surface area contributed by atoms with Gasteiger partial charge in [-0.3, -0.25) is 33.6 Å². The zero-order valence-corrected chi connectivity index (χ0v) is 33.0. The number of benzene rings is 2. The van der Waals surface area contributed by atoms with Gasteiger partial charge in [-0.1, -0.05) is 12.1 Å². The molecule has 0 heterocycles. The van der Waals surface area contributed by atoms with E-state index in [1.165, 1.54) is 59.9 Å². The maximum absolute atomic E-state index is 13.7. The lowest BCUT2D eigenvalue weighted by atomic mass is 9.92. The Balaban J connectivity index is 1.56. The Labute approximate surface area is 321 Å². The molecule has 0 radical (unpaired) electrons. The van der Waals surface area contributed by atoms with E-state index in [-0.39, 0.29) is 46.2 Å². The third-order valence-electron chi connectivity index (χ3n) is 8.53. The Bertz CT molecular complexity index is 1790. The molecule has 15 heteroatoms. The minimum absolute atomic E-state index is 0.0307. The summed E-state index contributed by atoms with van der Waals surface area (Å²) in [5, 5.41) is 4.98. The highest BCUT2D eigenvalue weighted by molar-refractivity contribution is 7.98. The maximum atomic E-state index is 13.7. The zero-order valence-electron chi connectivity index (χ0n) is 31.4. The van der Waals surface area contributed by atoms with Crippen molar-refractivity contribution in [2.45, 2.75) is 77.7 Å². The van der Waals surface area contributed by atoms with Gasteiger partial charge in [0, 0.05) is 33.4 Å². The number of ketones is 7. The summed E-state index contributed by atoms with van der Waals surface area (Å²) in [6, 6.07) is 5.22. The molecule has 2 unspecified atom stereocenters. The highest BCUT2D eigenvalue weighted by Gasteiger charge is 2.48. The van der Waals surface area contributed by atoms with Gasteiger partial charge in [-0.25, -0.2) is 9.59 Å². The fourth-order valence-electron chi connectivity index (χ4n) is 6.10. The Morgan fingerprint density at radius 2 is 0.926 bits per heavy atom. The third-order valence-corrected chi connectivity index (χ3v) is 9.82. The predicted molar refractivity (Wildman–Crippen MR) is 203 cm³/mol. The van der Waals surface area contributed by atoms with Crippen LogP contribution in [-0.2, 0) is 19.1 Å². The lowest BCUT2D eigenvalue weighted by molar-refractivity contribution is -0.123. The van der Waals surface area contributed by atoms with Crippen molar-refractivity contribution in [3.63, 3.8) is 0 Å². The number of nitrogens with one attached hydrogen (secondary N) is 2. The molecule has 2 N–H and O–H groups in total. The number of ether oxygens (including phenoxy) is 2. The lowest BCUT2D eigenvalue weighted by Gasteiger charge is -2.24. The van der Waals surface area contributed by atoms with E-state index in [0.29, 0.717) is 11.5 Å². The van der Waals surface area contributed by atoms with Crippen LogP contribution in [0, 0.1) is 11.8 Å². The molecule has 2 aromatic rings. The molecule has 0 saturated heterocycles. The number of amides is 2. The van der Waals surface area contributed by atoms with Crippen LogP contribution in [0.5, 0.6) is 0 Å². The van der Waals surface area contributed by atoms with E-state index in [2.05, 4.69) is 10.6 Å². The van der Waals surface area contributed by atoms with E-state index in [9.17, 15) is 43.2 Å². The Hall–Kier alpha value is -4.63. The average molecular weight is 781 g/mol. The molecule has 0 bridgehead atoms. The van der Waals surface area contributed by atoms with Gasteiger partial charge in [0.15, 0.2) is 40.5 Å². The Morgan fingerprint density at radius 1 is 0.593 bits per heavy atom. The van der Waals surface area contributed by atoms with Gasteiger partial charge in [-0.05, 0) is 103 Å². The van der Waals surface area contributed by atoms with Crippen LogP contribution in [0.2, 0.25) is 0 Å². The molecule has 0 fully saturated rings. The number of carbonyl (C=O) groups excluding carboxylic acids is 9. The first kappa shape index (κ1) is 42.1. The largest absolute Gasteiger partial charge is 0.444 e. The van der Waals surface area contributed by atoms with Crippen molar-refractivity contribution in [3.8, 4) is 0 Å². The van der Waals surface area contributed by atoms with Gasteiger partial charge < -0.3 is 20.1 Å². The summed E-state index contributed by atoms with van der Waals surface area (Å²) in [6.07, 6.45) is 2.14. The normalized spacial score (nSPS) is 17.7. The molecule has 2 aliphatic rings. The zero-order chi connectivity index (χ0) is 40.3. The second-order valence-electron chi connectivity index (χ2n) is 14.9. The van der Waals surface area contributed by atoms with Crippen molar-refractivity contribution < 1.29 is 52.6 Å². The van der Waals surface area contributed by atoms with E-state index >= 15 is 0 Å². The molecule has 54 heavy (non-hydrogen) atoms. The molecule has 0 spiro atoms. The molecule has 4 rings (SSSR count). The molecule has 13 nitrogen and oxygen atoms in total. The summed E-state index contributed by atoms with van der Waals surface area (Å²) in [4.78, 5) is 120. The summed E-state index contributed by atoms with van der Waals surface area (Å²) >= 11 is 2.82. The number of hydrogen-bond acceptors (Lipinski definition) is 13. The summed E-state index contributed by atoms with van der Waals surface area (Å²) in [5.74, 6) is -7.96. The van der Waals surface area contributed by atoms with Crippen LogP contribution < -0.4 is 10.6 Å². The fraction of sp³-hybridized carbons (Fsp3) is 0.462. The minimum atomic E-state index is -1.73. The number of carbonyl (C=O) groups is 9. The number of fused-ring (bicyclic) bond motifs is 2. The van der Waals surface area contributed by atoms with Crippen molar-refractivity contribution in [1.29, 1.82) is 0 Å². The molecule has 288 valence electrons. The van der Waals surface area contributed by atoms with Gasteiger partial charge >= 0.3 is 12.2 Å². The van der Waals surface area contributed by atoms with E-state index in [1.54, 1.807) is 54.1 Å². The van der Waals surface area contributed by atoms with Gasteiger partial charge in [0.25, 0.3) is 0 Å². The van der Waals surface area contributed by atoms with Gasteiger partial charge in [-0.2, -0.15) is 23.5 Å². The molecule has 2 aromatic carbocycles. The topological polar surface area (TPSA) is 196 Å². The average Bonchev–Trinajstić information content (AvgIpc) is 3.48. The van der Waals surface area contributed by atoms with Crippen LogP contribution in [0.25, 0.3) is 0 Å². The first-order valence-corrected chi connectivity index (χ1v) is 20.0. The van der Waals surface area contributed by atoms with Crippen LogP contribution >= 0.6 is 23.5 Å². The molecule has 0 aromatic heterocycles. The summed E-state index contributed by atoms with van der Waals surface area (Å²) < 4.78 is 10.6. The number of hydrogen-bond donors (Lipinski definition) is 2. The molecule has 0 aliphatic heterocycles. The predicted octanol–water partition coefficient (Wildman–Crippen LogP) is 5.34. The number of rotatable bonds is 14. The van der Waals surface area contributed by atoms with Crippen LogP contribution in [0.1, 0.15) is 112 Å². The van der Waals surface area contributed by atoms with Crippen LogP contribution in [0.15, 0.2) is 36.4 Å². The Kier molecular flexibility index (Phi) is 13.1. The highest BCUT2D eigenvalue weighted by Crippen LogP contribution is 2.33. The number of thioether (sulfide) groups is 2. The van der Waals surface area contributed by atoms with E-state index in [1.807, 2.05) is 0 Å². The summed E-state index contributed by atoms with van der Waals surface area (Å²) in [5.41, 5.74) is -2.16. The van der Waals surface area contributed by atoms with E-state index in [4.69, 9.17) is 9.47 Å². The highest BCUT2D eigenvalue weighted by atomic mass is 32.2.